The molecule has 0 bridgehead atoms. The SMILES string of the molecule is COC(=O)c1cc(I)cc(OCc2ccccc2)c1. The van der Waals surface area contributed by atoms with E-state index in [-0.39, 0.29) is 5.97 Å². The average molecular weight is 368 g/mol. The van der Waals surface area contributed by atoms with E-state index in [9.17, 15) is 4.79 Å². The molecular weight excluding hydrogens is 355 g/mol. The van der Waals surface area contributed by atoms with Crippen LogP contribution in [0.4, 0.5) is 0 Å². The first-order chi connectivity index (χ1) is 9.19. The maximum Gasteiger partial charge on any atom is 0.338 e. The summed E-state index contributed by atoms with van der Waals surface area (Å²) in [6.45, 7) is 0.474. The van der Waals surface area contributed by atoms with Crippen LogP contribution in [-0.2, 0) is 11.3 Å². The first kappa shape index (κ1) is 13.9. The van der Waals surface area contributed by atoms with Crippen LogP contribution in [0.5, 0.6) is 5.75 Å². The zero-order chi connectivity index (χ0) is 13.7. The van der Waals surface area contributed by atoms with E-state index >= 15 is 0 Å². The number of methoxy groups -OCH3 is 1. The van der Waals surface area contributed by atoms with Crippen LogP contribution >= 0.6 is 22.6 Å². The Kier molecular flexibility index (Phi) is 4.79. The van der Waals surface area contributed by atoms with Crippen LogP contribution in [-0.4, -0.2) is 13.1 Å². The van der Waals surface area contributed by atoms with Gasteiger partial charge in [0.2, 0.25) is 0 Å². The lowest BCUT2D eigenvalue weighted by atomic mass is 10.2. The summed E-state index contributed by atoms with van der Waals surface area (Å²) in [5.41, 5.74) is 1.58. The normalized spacial score (nSPS) is 10.0. The number of ether oxygens (including phenoxy) is 2. The molecule has 0 fully saturated rings. The quantitative estimate of drug-likeness (QED) is 0.611. The molecule has 0 aromatic heterocycles. The van der Waals surface area contributed by atoms with E-state index in [1.54, 1.807) is 12.1 Å². The van der Waals surface area contributed by atoms with Crippen LogP contribution in [0.3, 0.4) is 0 Å². The number of benzene rings is 2. The molecule has 0 N–H and O–H groups in total. The van der Waals surface area contributed by atoms with Gasteiger partial charge in [-0.15, -0.1) is 0 Å². The molecule has 3 nitrogen and oxygen atoms in total. The van der Waals surface area contributed by atoms with Gasteiger partial charge >= 0.3 is 5.97 Å². The third kappa shape index (κ3) is 3.96. The van der Waals surface area contributed by atoms with Crippen molar-refractivity contribution in [1.82, 2.24) is 0 Å². The Balaban J connectivity index is 2.12. The van der Waals surface area contributed by atoms with E-state index in [0.29, 0.717) is 17.9 Å². The zero-order valence-corrected chi connectivity index (χ0v) is 12.6. The number of rotatable bonds is 4. The Hall–Kier alpha value is -1.56. The first-order valence-electron chi connectivity index (χ1n) is 5.74. The predicted octanol–water partition coefficient (Wildman–Crippen LogP) is 3.66. The minimum Gasteiger partial charge on any atom is -0.489 e. The van der Waals surface area contributed by atoms with Crippen molar-refractivity contribution in [3.05, 3.63) is 63.2 Å². The van der Waals surface area contributed by atoms with E-state index in [2.05, 4.69) is 22.6 Å². The van der Waals surface area contributed by atoms with Gasteiger partial charge in [-0.25, -0.2) is 4.79 Å². The van der Waals surface area contributed by atoms with Crippen LogP contribution in [0.25, 0.3) is 0 Å². The number of halogens is 1. The smallest absolute Gasteiger partial charge is 0.338 e. The van der Waals surface area contributed by atoms with Gasteiger partial charge in [-0.2, -0.15) is 0 Å². The van der Waals surface area contributed by atoms with Gasteiger partial charge in [-0.1, -0.05) is 30.3 Å². The maximum absolute atomic E-state index is 11.5. The van der Waals surface area contributed by atoms with E-state index in [1.165, 1.54) is 7.11 Å². The highest BCUT2D eigenvalue weighted by atomic mass is 127. The fourth-order valence-electron chi connectivity index (χ4n) is 1.62. The van der Waals surface area contributed by atoms with Crippen LogP contribution in [0.2, 0.25) is 0 Å². The van der Waals surface area contributed by atoms with Gasteiger partial charge in [0.1, 0.15) is 12.4 Å². The van der Waals surface area contributed by atoms with Gasteiger partial charge in [0, 0.05) is 3.57 Å². The lowest BCUT2D eigenvalue weighted by Crippen LogP contribution is -2.03. The van der Waals surface area contributed by atoms with Gasteiger partial charge in [0.15, 0.2) is 0 Å². The summed E-state index contributed by atoms with van der Waals surface area (Å²) in [6, 6.07) is 15.2. The van der Waals surface area contributed by atoms with Gasteiger partial charge in [0.25, 0.3) is 0 Å². The highest BCUT2D eigenvalue weighted by Crippen LogP contribution is 2.20. The third-order valence-corrected chi connectivity index (χ3v) is 3.16. The Bertz CT molecular complexity index is 567. The zero-order valence-electron chi connectivity index (χ0n) is 10.4. The molecule has 0 saturated carbocycles. The van der Waals surface area contributed by atoms with Crippen molar-refractivity contribution >= 4 is 28.6 Å². The standard InChI is InChI=1S/C15H13IO3/c1-18-15(17)12-7-13(16)9-14(8-12)19-10-11-5-3-2-4-6-11/h2-9H,10H2,1H3. The highest BCUT2D eigenvalue weighted by molar-refractivity contribution is 14.1. The molecule has 19 heavy (non-hydrogen) atoms. The Morgan fingerprint density at radius 3 is 2.58 bits per heavy atom. The molecule has 0 aliphatic carbocycles. The molecule has 0 unspecified atom stereocenters. The second-order valence-corrected chi connectivity index (χ2v) is 5.19. The molecule has 0 radical (unpaired) electrons. The molecule has 0 saturated heterocycles. The molecule has 2 aromatic carbocycles. The summed E-state index contributed by atoms with van der Waals surface area (Å²) in [6.07, 6.45) is 0. The molecule has 0 amide bonds. The Morgan fingerprint density at radius 1 is 1.16 bits per heavy atom. The monoisotopic (exact) mass is 368 g/mol. The average Bonchev–Trinajstić information content (AvgIpc) is 2.45. The maximum atomic E-state index is 11.5. The van der Waals surface area contributed by atoms with Crippen molar-refractivity contribution in [3.63, 3.8) is 0 Å². The van der Waals surface area contributed by atoms with Crippen molar-refractivity contribution in [2.45, 2.75) is 6.61 Å². The van der Waals surface area contributed by atoms with Crippen molar-refractivity contribution < 1.29 is 14.3 Å². The second kappa shape index (κ2) is 6.56. The lowest BCUT2D eigenvalue weighted by Gasteiger charge is -2.08. The summed E-state index contributed by atoms with van der Waals surface area (Å²) in [5.74, 6) is 0.305. The van der Waals surface area contributed by atoms with E-state index in [4.69, 9.17) is 9.47 Å². The fraction of sp³-hybridized carbons (Fsp3) is 0.133. The summed E-state index contributed by atoms with van der Waals surface area (Å²) >= 11 is 2.15. The molecule has 0 atom stereocenters. The summed E-state index contributed by atoms with van der Waals surface area (Å²) in [5, 5.41) is 0. The van der Waals surface area contributed by atoms with Crippen molar-refractivity contribution in [1.29, 1.82) is 0 Å². The minimum absolute atomic E-state index is 0.358. The number of carbonyl (C=O) groups is 1. The van der Waals surface area contributed by atoms with Crippen LogP contribution in [0, 0.1) is 3.57 Å². The molecular formula is C15H13IO3. The van der Waals surface area contributed by atoms with E-state index in [1.807, 2.05) is 36.4 Å². The fourth-order valence-corrected chi connectivity index (χ4v) is 2.27. The Labute approximate surface area is 125 Å². The van der Waals surface area contributed by atoms with Crippen molar-refractivity contribution in [3.8, 4) is 5.75 Å². The largest absolute Gasteiger partial charge is 0.489 e. The number of carbonyl (C=O) groups excluding carboxylic acids is 1. The topological polar surface area (TPSA) is 35.5 Å². The van der Waals surface area contributed by atoms with Gasteiger partial charge in [-0.05, 0) is 46.4 Å². The Morgan fingerprint density at radius 2 is 1.89 bits per heavy atom. The summed E-state index contributed by atoms with van der Waals surface area (Å²) in [7, 11) is 1.37. The lowest BCUT2D eigenvalue weighted by molar-refractivity contribution is 0.0600. The third-order valence-electron chi connectivity index (χ3n) is 2.54. The molecule has 2 aromatic rings. The molecule has 0 spiro atoms. The number of esters is 1. The minimum atomic E-state index is -0.358. The van der Waals surface area contributed by atoms with Crippen LogP contribution in [0.1, 0.15) is 15.9 Å². The first-order valence-corrected chi connectivity index (χ1v) is 6.82. The van der Waals surface area contributed by atoms with Crippen molar-refractivity contribution in [2.24, 2.45) is 0 Å². The van der Waals surface area contributed by atoms with E-state index < -0.39 is 0 Å². The number of hydrogen-bond acceptors (Lipinski definition) is 3. The number of hydrogen-bond donors (Lipinski definition) is 0. The molecule has 0 heterocycles. The van der Waals surface area contributed by atoms with E-state index in [0.717, 1.165) is 9.13 Å². The van der Waals surface area contributed by atoms with Crippen molar-refractivity contribution in [2.75, 3.05) is 7.11 Å². The van der Waals surface area contributed by atoms with Crippen LogP contribution in [0.15, 0.2) is 48.5 Å². The summed E-state index contributed by atoms with van der Waals surface area (Å²) in [4.78, 5) is 11.5. The molecule has 98 valence electrons. The molecule has 0 aliphatic heterocycles. The molecule has 4 heteroatoms. The van der Waals surface area contributed by atoms with Gasteiger partial charge in [0.05, 0.1) is 12.7 Å². The van der Waals surface area contributed by atoms with Gasteiger partial charge < -0.3 is 9.47 Å². The highest BCUT2D eigenvalue weighted by Gasteiger charge is 2.08. The molecule has 0 aliphatic rings. The van der Waals surface area contributed by atoms with Gasteiger partial charge in [-0.3, -0.25) is 0 Å². The summed E-state index contributed by atoms with van der Waals surface area (Å²) < 4.78 is 11.3. The molecule has 2 rings (SSSR count). The predicted molar refractivity (Wildman–Crippen MR) is 81.3 cm³/mol. The second-order valence-electron chi connectivity index (χ2n) is 3.94. The van der Waals surface area contributed by atoms with Crippen LogP contribution < -0.4 is 4.74 Å².